The molecule has 0 bridgehead atoms. The maximum Gasteiger partial charge on any atom is 0.416 e. The van der Waals surface area contributed by atoms with Gasteiger partial charge in [0.25, 0.3) is 0 Å². The Morgan fingerprint density at radius 2 is 1.03 bits per heavy atom. The number of hydrogen-bond acceptors (Lipinski definition) is 2. The van der Waals surface area contributed by atoms with Gasteiger partial charge in [-0.2, -0.15) is 26.3 Å². The third kappa shape index (κ3) is 6.21. The highest BCUT2D eigenvalue weighted by atomic mass is 35.5. The van der Waals surface area contributed by atoms with Crippen LogP contribution in [0.3, 0.4) is 0 Å². The summed E-state index contributed by atoms with van der Waals surface area (Å²) in [5.74, 6) is -0.284. The third-order valence-electron chi connectivity index (χ3n) is 4.62. The molecule has 1 aliphatic heterocycles. The molecule has 0 unspecified atom stereocenters. The molecule has 1 saturated heterocycles. The molecule has 3 rings (SSSR count). The van der Waals surface area contributed by atoms with Crippen LogP contribution in [-0.2, 0) is 17.1 Å². The average Bonchev–Trinajstić information content (AvgIpc) is 2.65. The Morgan fingerprint density at radius 3 is 1.32 bits per heavy atom. The summed E-state index contributed by atoms with van der Waals surface area (Å²) in [5.41, 5.74) is 0.133. The van der Waals surface area contributed by atoms with E-state index < -0.39 is 23.5 Å². The highest BCUT2D eigenvalue weighted by Crippen LogP contribution is 2.31. The molecule has 166 valence electrons. The number of Topliss-reactive ketones (excluding diaryl/α,β-unsaturated/α-hetero) is 1. The summed E-state index contributed by atoms with van der Waals surface area (Å²) < 4.78 is 76.2. The quantitative estimate of drug-likeness (QED) is 0.396. The largest absolute Gasteiger partial charge is 0.416 e. The maximum absolute atomic E-state index is 12.8. The molecule has 0 atom stereocenters. The van der Waals surface area contributed by atoms with Crippen molar-refractivity contribution in [2.45, 2.75) is 12.4 Å². The van der Waals surface area contributed by atoms with Crippen molar-refractivity contribution in [1.29, 1.82) is 0 Å². The maximum atomic E-state index is 12.8. The van der Waals surface area contributed by atoms with Crippen LogP contribution in [0.25, 0.3) is 12.2 Å². The minimum Gasteiger partial charge on any atom is -0.298 e. The number of piperidine rings is 1. The number of hydrogen-bond donors (Lipinski definition) is 0. The van der Waals surface area contributed by atoms with E-state index in [2.05, 4.69) is 0 Å². The van der Waals surface area contributed by atoms with Gasteiger partial charge in [0.1, 0.15) is 0 Å². The Labute approximate surface area is 181 Å². The van der Waals surface area contributed by atoms with E-state index in [1.165, 1.54) is 36.4 Å². The summed E-state index contributed by atoms with van der Waals surface area (Å²) in [6.07, 6.45) is -5.83. The molecule has 0 radical (unpaired) electrons. The number of carbonyl (C=O) groups is 1. The Bertz CT molecular complexity index is 909. The van der Waals surface area contributed by atoms with Crippen LogP contribution in [0.5, 0.6) is 0 Å². The fourth-order valence-electron chi connectivity index (χ4n) is 3.15. The number of rotatable bonds is 2. The second kappa shape index (κ2) is 9.28. The first kappa shape index (κ1) is 24.7. The number of carbonyl (C=O) groups excluding carboxylic acids is 1. The summed E-state index contributed by atoms with van der Waals surface area (Å²) in [6.45, 7) is 0.619. The van der Waals surface area contributed by atoms with Crippen LogP contribution < -0.4 is 0 Å². The first-order chi connectivity index (χ1) is 13.9. The summed E-state index contributed by atoms with van der Waals surface area (Å²) in [5, 5.41) is 0. The second-order valence-corrected chi connectivity index (χ2v) is 7.08. The fraction of sp³-hybridized carbons (Fsp3) is 0.227. The van der Waals surface area contributed by atoms with Gasteiger partial charge < -0.3 is 0 Å². The number of benzene rings is 2. The van der Waals surface area contributed by atoms with Crippen molar-refractivity contribution in [3.8, 4) is 0 Å². The Hall–Kier alpha value is -2.58. The first-order valence-electron chi connectivity index (χ1n) is 8.92. The van der Waals surface area contributed by atoms with E-state index in [4.69, 9.17) is 0 Å². The molecule has 0 aliphatic carbocycles. The van der Waals surface area contributed by atoms with Crippen molar-refractivity contribution < 1.29 is 31.1 Å². The van der Waals surface area contributed by atoms with E-state index in [1.54, 1.807) is 7.05 Å². The molecular formula is C22H18ClF6NO. The molecule has 2 aromatic carbocycles. The summed E-state index contributed by atoms with van der Waals surface area (Å²) in [7, 11) is 1.77. The van der Waals surface area contributed by atoms with Gasteiger partial charge in [0.15, 0.2) is 5.78 Å². The second-order valence-electron chi connectivity index (χ2n) is 7.08. The average molecular weight is 462 g/mol. The van der Waals surface area contributed by atoms with Crippen molar-refractivity contribution in [1.82, 2.24) is 4.90 Å². The molecule has 0 N–H and O–H groups in total. The van der Waals surface area contributed by atoms with Gasteiger partial charge in [-0.3, -0.25) is 9.69 Å². The van der Waals surface area contributed by atoms with Crippen molar-refractivity contribution in [3.63, 3.8) is 0 Å². The zero-order chi connectivity index (χ0) is 22.1. The number of likely N-dealkylation sites (N-methyl/N-ethyl adjacent to an activating group) is 1. The molecule has 0 aromatic heterocycles. The van der Waals surface area contributed by atoms with Crippen LogP contribution in [0.4, 0.5) is 26.3 Å². The third-order valence-corrected chi connectivity index (χ3v) is 4.62. The smallest absolute Gasteiger partial charge is 0.298 e. The van der Waals surface area contributed by atoms with Gasteiger partial charge in [-0.15, -0.1) is 12.4 Å². The van der Waals surface area contributed by atoms with Gasteiger partial charge >= 0.3 is 12.4 Å². The van der Waals surface area contributed by atoms with Gasteiger partial charge in [-0.1, -0.05) is 24.3 Å². The van der Waals surface area contributed by atoms with Gasteiger partial charge in [0, 0.05) is 24.2 Å². The normalized spacial score (nSPS) is 18.4. The van der Waals surface area contributed by atoms with E-state index in [-0.39, 0.29) is 18.2 Å². The van der Waals surface area contributed by atoms with E-state index >= 15 is 0 Å². The van der Waals surface area contributed by atoms with Crippen LogP contribution in [0.2, 0.25) is 0 Å². The summed E-state index contributed by atoms with van der Waals surface area (Å²) >= 11 is 0. The Kier molecular flexibility index (Phi) is 7.39. The molecular weight excluding hydrogens is 444 g/mol. The van der Waals surface area contributed by atoms with Crippen LogP contribution in [0.15, 0.2) is 59.7 Å². The number of ketones is 1. The number of alkyl halides is 6. The topological polar surface area (TPSA) is 20.3 Å². The van der Waals surface area contributed by atoms with Crippen LogP contribution in [0, 0.1) is 0 Å². The van der Waals surface area contributed by atoms with Gasteiger partial charge in [0.2, 0.25) is 0 Å². The molecule has 1 heterocycles. The first-order valence-corrected chi connectivity index (χ1v) is 8.92. The number of halogens is 7. The molecule has 31 heavy (non-hydrogen) atoms. The lowest BCUT2D eigenvalue weighted by Gasteiger charge is -2.26. The SMILES string of the molecule is CN1C/C(=C/c2ccc(C(F)(F)F)cc2)C(=O)/C(=C/c2ccc(C(F)(F)F)cc2)C1.Cl. The predicted octanol–water partition coefficient (Wildman–Crippen LogP) is 6.13. The molecule has 1 fully saturated rings. The van der Waals surface area contributed by atoms with Gasteiger partial charge in [0.05, 0.1) is 11.1 Å². The molecule has 2 aromatic rings. The summed E-state index contributed by atoms with van der Waals surface area (Å²) in [4.78, 5) is 14.6. The lowest BCUT2D eigenvalue weighted by molar-refractivity contribution is -0.138. The molecule has 9 heteroatoms. The van der Waals surface area contributed by atoms with E-state index in [1.807, 2.05) is 4.90 Å². The molecule has 2 nitrogen and oxygen atoms in total. The van der Waals surface area contributed by atoms with Gasteiger partial charge in [-0.25, -0.2) is 0 Å². The zero-order valence-electron chi connectivity index (χ0n) is 16.2. The van der Waals surface area contributed by atoms with E-state index in [0.717, 1.165) is 24.3 Å². The number of nitrogens with zero attached hydrogens (tertiary/aromatic N) is 1. The molecule has 0 amide bonds. The van der Waals surface area contributed by atoms with Crippen LogP contribution >= 0.6 is 12.4 Å². The van der Waals surface area contributed by atoms with E-state index in [0.29, 0.717) is 35.4 Å². The zero-order valence-corrected chi connectivity index (χ0v) is 17.0. The molecule has 1 aliphatic rings. The Morgan fingerprint density at radius 1 is 0.710 bits per heavy atom. The van der Waals surface area contributed by atoms with E-state index in [9.17, 15) is 31.1 Å². The van der Waals surface area contributed by atoms with Gasteiger partial charge in [-0.05, 0) is 54.6 Å². The minimum absolute atomic E-state index is 0. The lowest BCUT2D eigenvalue weighted by atomic mass is 9.94. The minimum atomic E-state index is -4.44. The van der Waals surface area contributed by atoms with Crippen molar-refractivity contribution >= 4 is 30.3 Å². The van der Waals surface area contributed by atoms with Crippen LogP contribution in [0.1, 0.15) is 22.3 Å². The van der Waals surface area contributed by atoms with Crippen molar-refractivity contribution in [2.24, 2.45) is 0 Å². The lowest BCUT2D eigenvalue weighted by Crippen LogP contribution is -2.34. The highest BCUT2D eigenvalue weighted by Gasteiger charge is 2.31. The number of likely N-dealkylation sites (tertiary alicyclic amines) is 1. The standard InChI is InChI=1S/C22H17F6NO.ClH/c1-29-12-16(10-14-2-6-18(7-3-14)21(23,24)25)20(30)17(13-29)11-15-4-8-19(9-5-15)22(26,27)28;/h2-11H,12-13H2,1H3;1H/b16-10-,17-11+;. The monoisotopic (exact) mass is 461 g/mol. The predicted molar refractivity (Wildman–Crippen MR) is 109 cm³/mol. The summed E-state index contributed by atoms with van der Waals surface area (Å²) in [6, 6.07) is 8.94. The highest BCUT2D eigenvalue weighted by molar-refractivity contribution is 6.14. The molecule has 0 spiro atoms. The Balaban J connectivity index is 0.00000341. The van der Waals surface area contributed by atoms with Crippen LogP contribution in [-0.4, -0.2) is 30.8 Å². The fourth-order valence-corrected chi connectivity index (χ4v) is 3.15. The van der Waals surface area contributed by atoms with Crippen molar-refractivity contribution in [3.05, 3.63) is 81.9 Å². The molecule has 0 saturated carbocycles. The van der Waals surface area contributed by atoms with Crippen molar-refractivity contribution in [2.75, 3.05) is 20.1 Å².